The van der Waals surface area contributed by atoms with Crippen molar-refractivity contribution in [3.05, 3.63) is 59.2 Å². The van der Waals surface area contributed by atoms with Crippen LogP contribution in [0, 0.1) is 12.3 Å². The van der Waals surface area contributed by atoms with E-state index in [0.29, 0.717) is 22.6 Å². The van der Waals surface area contributed by atoms with E-state index in [1.54, 1.807) is 7.11 Å². The third-order valence-electron chi connectivity index (χ3n) is 5.60. The maximum absolute atomic E-state index is 6.11. The van der Waals surface area contributed by atoms with E-state index in [-0.39, 0.29) is 6.61 Å². The van der Waals surface area contributed by atoms with Crippen molar-refractivity contribution < 1.29 is 9.47 Å². The number of anilines is 1. The zero-order valence-corrected chi connectivity index (χ0v) is 18.4. The van der Waals surface area contributed by atoms with Gasteiger partial charge in [0.1, 0.15) is 6.61 Å². The predicted octanol–water partition coefficient (Wildman–Crippen LogP) is 4.99. The number of methoxy groups -OCH3 is 1. The molecule has 1 saturated heterocycles. The van der Waals surface area contributed by atoms with Crippen molar-refractivity contribution in [2.45, 2.75) is 25.4 Å². The molecule has 5 nitrogen and oxygen atoms in total. The molecule has 0 bridgehead atoms. The molecule has 160 valence electrons. The number of halogens is 1. The van der Waals surface area contributed by atoms with Crippen molar-refractivity contribution in [1.29, 1.82) is 0 Å². The molecule has 0 aliphatic carbocycles. The number of hydrogen-bond donors (Lipinski definition) is 1. The van der Waals surface area contributed by atoms with Gasteiger partial charge in [-0.3, -0.25) is 9.88 Å². The van der Waals surface area contributed by atoms with E-state index in [1.807, 2.05) is 42.6 Å². The second-order valence-electron chi connectivity index (χ2n) is 7.69. The molecule has 1 N–H and O–H groups in total. The summed E-state index contributed by atoms with van der Waals surface area (Å²) in [5.74, 6) is 3.90. The number of aromatic nitrogens is 1. The third kappa shape index (κ3) is 5.22. The van der Waals surface area contributed by atoms with Gasteiger partial charge in [0, 0.05) is 48.0 Å². The maximum atomic E-state index is 6.11. The molecule has 1 aromatic heterocycles. The number of likely N-dealkylation sites (tertiary alicyclic amines) is 1. The minimum absolute atomic E-state index is 0.229. The summed E-state index contributed by atoms with van der Waals surface area (Å²) in [5.41, 5.74) is 3.22. The van der Waals surface area contributed by atoms with E-state index in [1.165, 1.54) is 5.56 Å². The lowest BCUT2D eigenvalue weighted by Crippen LogP contribution is -2.38. The van der Waals surface area contributed by atoms with Crippen molar-refractivity contribution >= 4 is 28.2 Å². The Labute approximate surface area is 188 Å². The van der Waals surface area contributed by atoms with Crippen LogP contribution in [0.25, 0.3) is 10.9 Å². The van der Waals surface area contributed by atoms with Gasteiger partial charge in [-0.2, -0.15) is 0 Å². The highest BCUT2D eigenvalue weighted by molar-refractivity contribution is 6.31. The van der Waals surface area contributed by atoms with E-state index in [4.69, 9.17) is 27.5 Å². The minimum Gasteiger partial charge on any atom is -0.493 e. The van der Waals surface area contributed by atoms with Crippen LogP contribution in [0.5, 0.6) is 11.5 Å². The molecular weight excluding hydrogens is 410 g/mol. The Balaban J connectivity index is 1.36. The number of nitrogens with one attached hydrogen (secondary N) is 1. The summed E-state index contributed by atoms with van der Waals surface area (Å²) in [6, 6.07) is 14.4. The summed E-state index contributed by atoms with van der Waals surface area (Å²) in [7, 11) is 1.64. The number of nitrogens with zero attached hydrogens (tertiary/aromatic N) is 2. The Morgan fingerprint density at radius 3 is 2.77 bits per heavy atom. The van der Waals surface area contributed by atoms with Gasteiger partial charge in [-0.1, -0.05) is 23.6 Å². The Morgan fingerprint density at radius 2 is 2.00 bits per heavy atom. The number of terminal acetylenes is 1. The molecule has 3 aromatic rings. The molecule has 0 unspecified atom stereocenters. The first kappa shape index (κ1) is 21.3. The highest BCUT2D eigenvalue weighted by Gasteiger charge is 2.20. The third-order valence-corrected chi connectivity index (χ3v) is 5.83. The van der Waals surface area contributed by atoms with Gasteiger partial charge < -0.3 is 14.8 Å². The second-order valence-corrected chi connectivity index (χ2v) is 8.13. The van der Waals surface area contributed by atoms with Crippen LogP contribution in [0.15, 0.2) is 48.7 Å². The van der Waals surface area contributed by atoms with E-state index in [0.717, 1.165) is 49.1 Å². The summed E-state index contributed by atoms with van der Waals surface area (Å²) in [4.78, 5) is 6.90. The van der Waals surface area contributed by atoms with Crippen LogP contribution in [0.4, 0.5) is 5.69 Å². The number of hydrogen-bond acceptors (Lipinski definition) is 5. The average molecular weight is 436 g/mol. The number of pyridine rings is 1. The Hall–Kier alpha value is -2.94. The molecular formula is C25H26ClN3O2. The first-order chi connectivity index (χ1) is 15.2. The van der Waals surface area contributed by atoms with E-state index >= 15 is 0 Å². The molecule has 4 rings (SSSR count). The maximum Gasteiger partial charge on any atom is 0.162 e. The fourth-order valence-corrected chi connectivity index (χ4v) is 4.18. The molecule has 0 radical (unpaired) electrons. The lowest BCUT2D eigenvalue weighted by Gasteiger charge is -2.33. The Bertz CT molecular complexity index is 1090. The van der Waals surface area contributed by atoms with Crippen molar-refractivity contribution in [2.24, 2.45) is 0 Å². The normalized spacial score (nSPS) is 14.9. The number of ether oxygens (including phenoxy) is 2. The fourth-order valence-electron chi connectivity index (χ4n) is 4.01. The number of piperidine rings is 1. The van der Waals surface area contributed by atoms with Gasteiger partial charge in [0.2, 0.25) is 0 Å². The van der Waals surface area contributed by atoms with Crippen LogP contribution in [0.2, 0.25) is 5.02 Å². The lowest BCUT2D eigenvalue weighted by molar-refractivity contribution is 0.211. The van der Waals surface area contributed by atoms with Crippen molar-refractivity contribution in [3.8, 4) is 23.8 Å². The first-order valence-corrected chi connectivity index (χ1v) is 10.8. The predicted molar refractivity (Wildman–Crippen MR) is 126 cm³/mol. The highest BCUT2D eigenvalue weighted by Crippen LogP contribution is 2.30. The molecule has 1 fully saturated rings. The van der Waals surface area contributed by atoms with Gasteiger partial charge in [0.05, 0.1) is 12.6 Å². The van der Waals surface area contributed by atoms with Crippen LogP contribution in [-0.4, -0.2) is 42.7 Å². The molecule has 2 aromatic carbocycles. The summed E-state index contributed by atoms with van der Waals surface area (Å²) >= 11 is 6.11. The van der Waals surface area contributed by atoms with Crippen LogP contribution < -0.4 is 14.8 Å². The average Bonchev–Trinajstić information content (AvgIpc) is 2.79. The summed E-state index contributed by atoms with van der Waals surface area (Å²) in [5, 5.41) is 5.52. The molecule has 6 heteroatoms. The molecule has 2 heterocycles. The standard InChI is InChI=1S/C25H26ClN3O2/c1-3-14-31-25-15-18(4-7-24(25)30-2)17-29-12-9-20(10-13-29)28-22-8-11-27-23-16-19(26)5-6-21(22)23/h1,4-8,11,15-16,20H,9-10,12-14,17H2,2H3,(H,27,28). The molecule has 0 atom stereocenters. The van der Waals surface area contributed by atoms with Gasteiger partial charge in [0.15, 0.2) is 11.5 Å². The van der Waals surface area contributed by atoms with Gasteiger partial charge in [-0.15, -0.1) is 6.42 Å². The first-order valence-electron chi connectivity index (χ1n) is 10.4. The number of benzene rings is 2. The second kappa shape index (κ2) is 9.91. The summed E-state index contributed by atoms with van der Waals surface area (Å²) < 4.78 is 11.0. The molecule has 31 heavy (non-hydrogen) atoms. The zero-order chi connectivity index (χ0) is 21.6. The molecule has 0 spiro atoms. The van der Waals surface area contributed by atoms with E-state index in [9.17, 15) is 0 Å². The van der Waals surface area contributed by atoms with E-state index in [2.05, 4.69) is 27.2 Å². The Kier molecular flexibility index (Phi) is 6.81. The van der Waals surface area contributed by atoms with Gasteiger partial charge in [-0.25, -0.2) is 0 Å². The van der Waals surface area contributed by atoms with E-state index < -0.39 is 0 Å². The molecule has 0 amide bonds. The number of rotatable bonds is 7. The van der Waals surface area contributed by atoms with Crippen molar-refractivity contribution in [3.63, 3.8) is 0 Å². The number of fused-ring (bicyclic) bond motifs is 1. The SMILES string of the molecule is C#CCOc1cc(CN2CCC(Nc3ccnc4cc(Cl)ccc34)CC2)ccc1OC. The monoisotopic (exact) mass is 435 g/mol. The van der Waals surface area contributed by atoms with Crippen LogP contribution in [0.1, 0.15) is 18.4 Å². The smallest absolute Gasteiger partial charge is 0.162 e. The van der Waals surface area contributed by atoms with Gasteiger partial charge >= 0.3 is 0 Å². The topological polar surface area (TPSA) is 46.6 Å². The van der Waals surface area contributed by atoms with Crippen molar-refractivity contribution in [2.75, 3.05) is 32.1 Å². The molecule has 1 aliphatic rings. The fraction of sp³-hybridized carbons (Fsp3) is 0.320. The van der Waals surface area contributed by atoms with Gasteiger partial charge in [0.25, 0.3) is 0 Å². The molecule has 1 aliphatic heterocycles. The van der Waals surface area contributed by atoms with Gasteiger partial charge in [-0.05, 0) is 54.8 Å². The van der Waals surface area contributed by atoms with Crippen LogP contribution in [0.3, 0.4) is 0 Å². The zero-order valence-electron chi connectivity index (χ0n) is 17.6. The summed E-state index contributed by atoms with van der Waals surface area (Å²) in [6.07, 6.45) is 9.31. The Morgan fingerprint density at radius 1 is 1.16 bits per heavy atom. The van der Waals surface area contributed by atoms with Crippen LogP contribution in [-0.2, 0) is 6.54 Å². The lowest BCUT2D eigenvalue weighted by atomic mass is 10.0. The van der Waals surface area contributed by atoms with Crippen LogP contribution >= 0.6 is 11.6 Å². The minimum atomic E-state index is 0.229. The summed E-state index contributed by atoms with van der Waals surface area (Å²) in [6.45, 7) is 3.16. The van der Waals surface area contributed by atoms with Crippen molar-refractivity contribution in [1.82, 2.24) is 9.88 Å². The largest absolute Gasteiger partial charge is 0.493 e. The quantitative estimate of drug-likeness (QED) is 0.530. The highest BCUT2D eigenvalue weighted by atomic mass is 35.5. The molecule has 0 saturated carbocycles.